The Labute approximate surface area is 129 Å². The van der Waals surface area contributed by atoms with Gasteiger partial charge in [0.05, 0.1) is 0 Å². The second-order valence-electron chi connectivity index (χ2n) is 0.447. The van der Waals surface area contributed by atoms with Crippen molar-refractivity contribution in [3.63, 3.8) is 0 Å². The van der Waals surface area contributed by atoms with E-state index in [2.05, 4.69) is 0 Å². The fourth-order valence-corrected chi connectivity index (χ4v) is 0. The molecule has 22 heavy (non-hydrogen) atoms. The molecule has 0 aliphatic heterocycles. The van der Waals surface area contributed by atoms with Crippen LogP contribution in [-0.2, 0) is 16.8 Å². The van der Waals surface area contributed by atoms with Crippen molar-refractivity contribution < 1.29 is 16.8 Å². The van der Waals surface area contributed by atoms with Gasteiger partial charge in [-0.3, -0.25) is 0 Å². The van der Waals surface area contributed by atoms with Gasteiger partial charge in [0, 0.05) is 16.8 Å². The van der Waals surface area contributed by atoms with Gasteiger partial charge in [-0.1, -0.05) is 0 Å². The van der Waals surface area contributed by atoms with Gasteiger partial charge < -0.3 is 79.1 Å². The van der Waals surface area contributed by atoms with Crippen LogP contribution in [0.5, 0.6) is 0 Å². The van der Waals surface area contributed by atoms with E-state index >= 15 is 0 Å². The van der Waals surface area contributed by atoms with Crippen LogP contribution in [0.4, 0.5) is 0 Å². The molecule has 0 amide bonds. The zero-order chi connectivity index (χ0) is 16.2. The molecule has 0 atom stereocenters. The molecule has 0 spiro atoms. The summed E-state index contributed by atoms with van der Waals surface area (Å²) in [6, 6.07) is 0. The fourth-order valence-electron chi connectivity index (χ4n) is 0. The van der Waals surface area contributed by atoms with E-state index in [4.69, 9.17) is 60.7 Å². The second kappa shape index (κ2) is 645. The number of quaternary nitrogens is 3. The molecule has 0 aromatic rings. The molecular weight excluding hydrogens is 377 g/mol. The molecule has 0 aliphatic rings. The van der Waals surface area contributed by atoms with Gasteiger partial charge in [-0.2, -0.15) is 0 Å². The topological polar surface area (TPSA) is 424 Å². The SMILES string of the molecule is O=N[O-].O=N[O-].O=N[O-].O=N[O-].O=N[O-].O=N[O-].[Co].[NH4+].[NH4+].[NH4+]. The fraction of sp³-hybridized carbons (Fsp3) is 0. The van der Waals surface area contributed by atoms with Crippen LogP contribution in [-0.4, -0.2) is 0 Å². The van der Waals surface area contributed by atoms with Crippen LogP contribution in [0.3, 0.4) is 0 Å². The molecule has 0 aliphatic carbocycles. The van der Waals surface area contributed by atoms with Crippen molar-refractivity contribution in [2.75, 3.05) is 0 Å². The summed E-state index contributed by atoms with van der Waals surface area (Å²) in [7, 11) is 0. The monoisotopic (exact) mass is 389 g/mol. The molecule has 0 saturated carbocycles. The molecule has 1 radical (unpaired) electrons. The van der Waals surface area contributed by atoms with Crippen LogP contribution in [0.15, 0.2) is 32.0 Å². The molecule has 141 valence electrons. The molecule has 0 aromatic heterocycles. The Bertz CT molecular complexity index is 118. The number of hydrogen-bond donors (Lipinski definition) is 3. The minimum Gasteiger partial charge on any atom is -0.444 e. The van der Waals surface area contributed by atoms with Crippen molar-refractivity contribution in [3.05, 3.63) is 60.7 Å². The first-order valence-electron chi connectivity index (χ1n) is 2.19. The van der Waals surface area contributed by atoms with E-state index in [1.54, 1.807) is 0 Å². The summed E-state index contributed by atoms with van der Waals surface area (Å²) in [5.74, 6) is 0. The van der Waals surface area contributed by atoms with Crippen LogP contribution >= 0.6 is 0 Å². The largest absolute Gasteiger partial charge is 0.444 e. The summed E-state index contributed by atoms with van der Waals surface area (Å²) in [6.07, 6.45) is 0. The third kappa shape index (κ3) is 405. The van der Waals surface area contributed by atoms with E-state index in [1.807, 2.05) is 0 Å². The van der Waals surface area contributed by atoms with Crippen molar-refractivity contribution in [3.8, 4) is 0 Å². The maximum atomic E-state index is 8.00. The van der Waals surface area contributed by atoms with Gasteiger partial charge in [0.1, 0.15) is 0 Å². The van der Waals surface area contributed by atoms with E-state index in [0.29, 0.717) is 0 Å². The second-order valence-corrected chi connectivity index (χ2v) is 0.447. The van der Waals surface area contributed by atoms with Crippen molar-refractivity contribution >= 4 is 0 Å². The van der Waals surface area contributed by atoms with Crippen molar-refractivity contribution in [2.24, 2.45) is 32.0 Å². The standard InChI is InChI=1S/Co.6HNO2.3H3N/c;6*2-1-3;;;/h;6*(H,2,3);3*1H3/p-3. The first-order chi connectivity index (χ1) is 8.49. The van der Waals surface area contributed by atoms with Gasteiger partial charge >= 0.3 is 0 Å². The number of nitrogens with zero attached hydrogens (tertiary/aromatic N) is 6. The first-order valence-corrected chi connectivity index (χ1v) is 2.19. The molecule has 0 heterocycles. The zero-order valence-corrected chi connectivity index (χ0v) is 12.0. The Hall–Kier alpha value is -3.21. The van der Waals surface area contributed by atoms with E-state index in [0.717, 1.165) is 32.0 Å². The van der Waals surface area contributed by atoms with Gasteiger partial charge in [-0.15, -0.1) is 32.0 Å². The first kappa shape index (κ1) is 77.0. The van der Waals surface area contributed by atoms with E-state index in [9.17, 15) is 0 Å². The van der Waals surface area contributed by atoms with Crippen LogP contribution in [0.2, 0.25) is 0 Å². The molecule has 0 bridgehead atoms. The van der Waals surface area contributed by atoms with E-state index < -0.39 is 0 Å². The van der Waals surface area contributed by atoms with Gasteiger partial charge in [0.25, 0.3) is 0 Å². The molecular formula is H12CoN9O12-3. The normalized spacial score (nSPS) is 3.27. The predicted molar refractivity (Wildman–Crippen MR) is 72.9 cm³/mol. The third-order valence-corrected chi connectivity index (χ3v) is 0. The maximum Gasteiger partial charge on any atom is 0 e. The summed E-state index contributed by atoms with van der Waals surface area (Å²) < 4.78 is 0. The van der Waals surface area contributed by atoms with Crippen LogP contribution in [0, 0.1) is 60.7 Å². The smallest absolute Gasteiger partial charge is 0 e. The molecule has 0 fully saturated rings. The molecule has 0 rings (SSSR count). The predicted octanol–water partition coefficient (Wildman–Crippen LogP) is 2.63. The minimum atomic E-state index is 0. The van der Waals surface area contributed by atoms with E-state index in [1.165, 1.54) is 0 Å². The Morgan fingerprint density at radius 1 is 0.364 bits per heavy atom. The summed E-state index contributed by atoms with van der Waals surface area (Å²) in [5, 5.41) is 54.0. The zero-order valence-electron chi connectivity index (χ0n) is 10.9. The Kier molecular flexibility index (Phi) is 2260. The number of hydrogen-bond acceptors (Lipinski definition) is 18. The molecule has 21 nitrogen and oxygen atoms in total. The third-order valence-electron chi connectivity index (χ3n) is 0. The van der Waals surface area contributed by atoms with Gasteiger partial charge in [-0.25, -0.2) is 0 Å². The Morgan fingerprint density at radius 3 is 0.364 bits per heavy atom. The quantitative estimate of drug-likeness (QED) is 0.397. The summed E-state index contributed by atoms with van der Waals surface area (Å²) >= 11 is 0. The minimum absolute atomic E-state index is 0. The van der Waals surface area contributed by atoms with Crippen molar-refractivity contribution in [1.29, 1.82) is 0 Å². The van der Waals surface area contributed by atoms with Gasteiger partial charge in [0.15, 0.2) is 0 Å². The molecule has 0 saturated heterocycles. The van der Waals surface area contributed by atoms with Gasteiger partial charge in [-0.05, 0) is 0 Å². The van der Waals surface area contributed by atoms with Crippen LogP contribution < -0.4 is 18.5 Å². The van der Waals surface area contributed by atoms with Crippen molar-refractivity contribution in [1.82, 2.24) is 18.5 Å². The van der Waals surface area contributed by atoms with Crippen LogP contribution in [0.1, 0.15) is 0 Å². The van der Waals surface area contributed by atoms with Gasteiger partial charge in [0.2, 0.25) is 0 Å². The molecule has 22 heteroatoms. The molecule has 0 unspecified atom stereocenters. The number of rotatable bonds is 0. The Morgan fingerprint density at radius 2 is 0.364 bits per heavy atom. The average Bonchev–Trinajstić information content (AvgIpc) is 2.23. The summed E-state index contributed by atoms with van der Waals surface area (Å²) in [4.78, 5) is 48.0. The summed E-state index contributed by atoms with van der Waals surface area (Å²) in [5.41, 5.74) is 0. The molecule has 12 N–H and O–H groups in total. The van der Waals surface area contributed by atoms with E-state index in [-0.39, 0.29) is 35.2 Å². The Balaban J connectivity index is -0.00000000947. The molecule has 0 aromatic carbocycles. The van der Waals surface area contributed by atoms with Crippen LogP contribution in [0.25, 0.3) is 0 Å². The van der Waals surface area contributed by atoms with Crippen molar-refractivity contribution in [2.45, 2.75) is 0 Å². The average molecular weight is 389 g/mol. The maximum absolute atomic E-state index is 8.00. The summed E-state index contributed by atoms with van der Waals surface area (Å²) in [6.45, 7) is 0.